The van der Waals surface area contributed by atoms with Crippen LogP contribution in [0.5, 0.6) is 0 Å². The van der Waals surface area contributed by atoms with Gasteiger partial charge in [-0.2, -0.15) is 0 Å². The van der Waals surface area contributed by atoms with Gasteiger partial charge in [-0.3, -0.25) is 14.5 Å². The van der Waals surface area contributed by atoms with Crippen LogP contribution in [0.1, 0.15) is 59.3 Å². The van der Waals surface area contributed by atoms with Crippen LogP contribution in [-0.2, 0) is 9.59 Å². The summed E-state index contributed by atoms with van der Waals surface area (Å²) in [6, 6.07) is -0.289. The standard InChI is InChI=1S/C19H32N4O3.ClH/c1-18(2,3)13-4-8-19(9-5-13)16(25)23(17(26)21-19)12-15(24)22-10-6-14(20)7-11-22;/h13-14H,4-12,20H2,1-3H3,(H,21,26);1H. The molecule has 4 amide bonds. The minimum absolute atomic E-state index is 0. The number of likely N-dealkylation sites (tertiary alicyclic amines) is 1. The molecule has 8 heteroatoms. The van der Waals surface area contributed by atoms with Gasteiger partial charge >= 0.3 is 6.03 Å². The van der Waals surface area contributed by atoms with Crippen molar-refractivity contribution in [2.24, 2.45) is 17.1 Å². The highest BCUT2D eigenvalue weighted by Crippen LogP contribution is 2.43. The summed E-state index contributed by atoms with van der Waals surface area (Å²) in [5.41, 5.74) is 5.28. The normalized spacial score (nSPS) is 29.7. The summed E-state index contributed by atoms with van der Waals surface area (Å²) in [6.45, 7) is 7.70. The minimum Gasteiger partial charge on any atom is -0.341 e. The Morgan fingerprint density at radius 2 is 1.70 bits per heavy atom. The van der Waals surface area contributed by atoms with Crippen molar-refractivity contribution in [2.45, 2.75) is 70.9 Å². The zero-order chi connectivity index (χ0) is 19.1. The van der Waals surface area contributed by atoms with Gasteiger partial charge in [-0.05, 0) is 49.9 Å². The summed E-state index contributed by atoms with van der Waals surface area (Å²) in [5, 5.41) is 2.90. The Hall–Kier alpha value is -1.34. The number of imide groups is 1. The van der Waals surface area contributed by atoms with E-state index in [4.69, 9.17) is 5.73 Å². The average Bonchev–Trinajstić information content (AvgIpc) is 2.79. The third kappa shape index (κ3) is 4.40. The number of rotatable bonds is 2. The van der Waals surface area contributed by atoms with E-state index in [1.54, 1.807) is 4.90 Å². The molecule has 3 N–H and O–H groups in total. The number of piperidine rings is 1. The van der Waals surface area contributed by atoms with Gasteiger partial charge in [-0.15, -0.1) is 12.4 Å². The maximum atomic E-state index is 13.0. The first-order valence-corrected chi connectivity index (χ1v) is 9.80. The van der Waals surface area contributed by atoms with Crippen molar-refractivity contribution in [3.63, 3.8) is 0 Å². The van der Waals surface area contributed by atoms with Crippen LogP contribution in [0, 0.1) is 11.3 Å². The Morgan fingerprint density at radius 1 is 1.15 bits per heavy atom. The first-order valence-electron chi connectivity index (χ1n) is 9.80. The lowest BCUT2D eigenvalue weighted by molar-refractivity contribution is -0.140. The first-order chi connectivity index (χ1) is 12.1. The average molecular weight is 401 g/mol. The van der Waals surface area contributed by atoms with Gasteiger partial charge in [-0.25, -0.2) is 4.79 Å². The van der Waals surface area contributed by atoms with Crippen LogP contribution < -0.4 is 11.1 Å². The SMILES string of the molecule is CC(C)(C)C1CCC2(CC1)NC(=O)N(CC(=O)N1CCC(N)CC1)C2=O.Cl. The molecule has 2 heterocycles. The van der Waals surface area contributed by atoms with E-state index in [0.717, 1.165) is 30.6 Å². The number of nitrogens with two attached hydrogens (primary N) is 1. The van der Waals surface area contributed by atoms with Crippen molar-refractivity contribution in [2.75, 3.05) is 19.6 Å². The lowest BCUT2D eigenvalue weighted by atomic mass is 9.67. The molecule has 27 heavy (non-hydrogen) atoms. The molecule has 7 nitrogen and oxygen atoms in total. The van der Waals surface area contributed by atoms with Crippen LogP contribution in [-0.4, -0.2) is 58.9 Å². The molecule has 2 aliphatic heterocycles. The third-order valence-corrected chi connectivity index (χ3v) is 6.50. The maximum Gasteiger partial charge on any atom is 0.325 e. The highest BCUT2D eigenvalue weighted by Gasteiger charge is 2.53. The van der Waals surface area contributed by atoms with Crippen molar-refractivity contribution < 1.29 is 14.4 Å². The lowest BCUT2D eigenvalue weighted by Gasteiger charge is -2.40. The van der Waals surface area contributed by atoms with Gasteiger partial charge in [0.05, 0.1) is 0 Å². The molecule has 0 aromatic carbocycles. The number of urea groups is 1. The molecule has 1 spiro atoms. The topological polar surface area (TPSA) is 95.7 Å². The molecular formula is C19H33ClN4O3. The van der Waals surface area contributed by atoms with Crippen molar-refractivity contribution in [3.05, 3.63) is 0 Å². The number of hydrogen-bond donors (Lipinski definition) is 2. The van der Waals surface area contributed by atoms with Crippen LogP contribution in [0.15, 0.2) is 0 Å². The van der Waals surface area contributed by atoms with E-state index < -0.39 is 11.6 Å². The zero-order valence-corrected chi connectivity index (χ0v) is 17.4. The van der Waals surface area contributed by atoms with E-state index >= 15 is 0 Å². The molecule has 0 unspecified atom stereocenters. The van der Waals surface area contributed by atoms with E-state index in [0.29, 0.717) is 31.8 Å². The van der Waals surface area contributed by atoms with Crippen molar-refractivity contribution in [1.82, 2.24) is 15.1 Å². The molecule has 154 valence electrons. The summed E-state index contributed by atoms with van der Waals surface area (Å²) < 4.78 is 0. The number of amides is 4. The highest BCUT2D eigenvalue weighted by atomic mass is 35.5. The molecule has 0 aromatic rings. The van der Waals surface area contributed by atoms with Gasteiger partial charge in [0, 0.05) is 19.1 Å². The molecule has 3 aliphatic rings. The second-order valence-corrected chi connectivity index (χ2v) is 9.26. The number of nitrogens with zero attached hydrogens (tertiary/aromatic N) is 2. The van der Waals surface area contributed by atoms with Crippen LogP contribution in [0.2, 0.25) is 0 Å². The fourth-order valence-corrected chi connectivity index (χ4v) is 4.52. The number of carbonyl (C=O) groups is 3. The smallest absolute Gasteiger partial charge is 0.325 e. The fraction of sp³-hybridized carbons (Fsp3) is 0.842. The van der Waals surface area contributed by atoms with Gasteiger partial charge < -0.3 is 16.0 Å². The van der Waals surface area contributed by atoms with Gasteiger partial charge in [0.25, 0.3) is 5.91 Å². The molecule has 1 saturated carbocycles. The molecule has 0 bridgehead atoms. The quantitative estimate of drug-likeness (QED) is 0.692. The highest BCUT2D eigenvalue weighted by molar-refractivity contribution is 6.09. The van der Waals surface area contributed by atoms with Crippen LogP contribution in [0.4, 0.5) is 4.79 Å². The van der Waals surface area contributed by atoms with Crippen LogP contribution in [0.25, 0.3) is 0 Å². The summed E-state index contributed by atoms with van der Waals surface area (Å²) in [5.74, 6) is 0.156. The second kappa shape index (κ2) is 7.95. The summed E-state index contributed by atoms with van der Waals surface area (Å²) >= 11 is 0. The van der Waals surface area contributed by atoms with Gasteiger partial charge in [0.15, 0.2) is 0 Å². The van der Waals surface area contributed by atoms with Crippen molar-refractivity contribution in [3.8, 4) is 0 Å². The molecular weight excluding hydrogens is 368 g/mol. The number of hydrogen-bond acceptors (Lipinski definition) is 4. The monoisotopic (exact) mass is 400 g/mol. The Balaban J connectivity index is 0.00000261. The van der Waals surface area contributed by atoms with E-state index in [2.05, 4.69) is 26.1 Å². The molecule has 3 rings (SSSR count). The molecule has 1 aliphatic carbocycles. The number of nitrogens with one attached hydrogen (secondary N) is 1. The Bertz CT molecular complexity index is 588. The number of halogens is 1. The zero-order valence-electron chi connectivity index (χ0n) is 16.6. The molecule has 0 atom stereocenters. The van der Waals surface area contributed by atoms with E-state index in [1.165, 1.54) is 0 Å². The number of carbonyl (C=O) groups excluding carboxylic acids is 3. The second-order valence-electron chi connectivity index (χ2n) is 9.26. The summed E-state index contributed by atoms with van der Waals surface area (Å²) in [7, 11) is 0. The third-order valence-electron chi connectivity index (χ3n) is 6.50. The first kappa shape index (κ1) is 22.0. The van der Waals surface area contributed by atoms with Crippen molar-refractivity contribution >= 4 is 30.3 Å². The predicted molar refractivity (Wildman–Crippen MR) is 105 cm³/mol. The van der Waals surface area contributed by atoms with Gasteiger partial charge in [0.2, 0.25) is 5.91 Å². The van der Waals surface area contributed by atoms with E-state index in [-0.39, 0.29) is 42.2 Å². The Labute approximate surface area is 167 Å². The molecule has 3 fully saturated rings. The van der Waals surface area contributed by atoms with Gasteiger partial charge in [0.1, 0.15) is 12.1 Å². The largest absolute Gasteiger partial charge is 0.341 e. The lowest BCUT2D eigenvalue weighted by Crippen LogP contribution is -2.51. The maximum absolute atomic E-state index is 13.0. The van der Waals surface area contributed by atoms with E-state index in [1.807, 2.05) is 0 Å². The van der Waals surface area contributed by atoms with Crippen molar-refractivity contribution in [1.29, 1.82) is 0 Å². The minimum atomic E-state index is -0.802. The van der Waals surface area contributed by atoms with Gasteiger partial charge in [-0.1, -0.05) is 20.8 Å². The fourth-order valence-electron chi connectivity index (χ4n) is 4.52. The predicted octanol–water partition coefficient (Wildman–Crippen LogP) is 1.88. The summed E-state index contributed by atoms with van der Waals surface area (Å²) in [4.78, 5) is 40.7. The molecule has 0 radical (unpaired) electrons. The van der Waals surface area contributed by atoms with Crippen LogP contribution >= 0.6 is 12.4 Å². The van der Waals surface area contributed by atoms with E-state index in [9.17, 15) is 14.4 Å². The Kier molecular flexibility index (Phi) is 6.47. The molecule has 2 saturated heterocycles. The van der Waals surface area contributed by atoms with Crippen LogP contribution in [0.3, 0.4) is 0 Å². The summed E-state index contributed by atoms with van der Waals surface area (Å²) in [6.07, 6.45) is 4.68. The Morgan fingerprint density at radius 3 is 2.22 bits per heavy atom. The molecule has 0 aromatic heterocycles.